The van der Waals surface area contributed by atoms with Gasteiger partial charge in [-0.05, 0) is 48.9 Å². The maximum Gasteiger partial charge on any atom is 0.441 e. The zero-order valence-electron chi connectivity index (χ0n) is 9.60. The van der Waals surface area contributed by atoms with Crippen molar-refractivity contribution in [2.24, 2.45) is 0 Å². The highest BCUT2D eigenvalue weighted by Crippen LogP contribution is 2.30. The highest BCUT2D eigenvalue weighted by atomic mass is 32.2. The number of ether oxygens (including phenoxy) is 1. The summed E-state index contributed by atoms with van der Waals surface area (Å²) in [7, 11) is 0. The first-order valence-electron chi connectivity index (χ1n) is 5.00. The van der Waals surface area contributed by atoms with E-state index in [0.717, 1.165) is 11.1 Å². The molecule has 2 N–H and O–H groups in total. The lowest BCUT2D eigenvalue weighted by atomic mass is 10.1. The monoisotopic (exact) mass is 265 g/mol. The van der Waals surface area contributed by atoms with Gasteiger partial charge >= 0.3 is 5.51 Å². The fourth-order valence-corrected chi connectivity index (χ4v) is 1.91. The predicted molar refractivity (Wildman–Crippen MR) is 64.3 cm³/mol. The first kappa shape index (κ1) is 14.0. The summed E-state index contributed by atoms with van der Waals surface area (Å²) in [5, 5.41) is 0. The number of benzene rings is 1. The van der Waals surface area contributed by atoms with Gasteiger partial charge in [-0.2, -0.15) is 13.2 Å². The number of anilines is 1. The minimum atomic E-state index is -4.20. The summed E-state index contributed by atoms with van der Waals surface area (Å²) in [5.74, 6) is 0.495. The number of aryl methyl sites for hydroxylation is 2. The Morgan fingerprint density at radius 2 is 1.76 bits per heavy atom. The van der Waals surface area contributed by atoms with Crippen molar-refractivity contribution in [3.05, 3.63) is 23.3 Å². The second kappa shape index (κ2) is 5.53. The van der Waals surface area contributed by atoms with Crippen LogP contribution in [-0.4, -0.2) is 17.9 Å². The molecule has 1 rings (SSSR count). The third kappa shape index (κ3) is 4.77. The Bertz CT molecular complexity index is 370. The largest absolute Gasteiger partial charge is 0.492 e. The maximum absolute atomic E-state index is 11.9. The minimum Gasteiger partial charge on any atom is -0.492 e. The predicted octanol–water partition coefficient (Wildman–Crippen LogP) is 3.52. The zero-order valence-corrected chi connectivity index (χ0v) is 10.4. The quantitative estimate of drug-likeness (QED) is 0.668. The molecule has 6 heteroatoms. The standard InChI is InChI=1S/C11H14F3NOS/c1-7-5-9(15)6-8(2)10(7)16-3-4-17-11(12,13)14/h5-6H,3-4,15H2,1-2H3. The highest BCUT2D eigenvalue weighted by Gasteiger charge is 2.27. The van der Waals surface area contributed by atoms with Crippen molar-refractivity contribution < 1.29 is 17.9 Å². The van der Waals surface area contributed by atoms with Crippen LogP contribution in [-0.2, 0) is 0 Å². The number of hydrogen-bond donors (Lipinski definition) is 1. The van der Waals surface area contributed by atoms with Crippen LogP contribution < -0.4 is 10.5 Å². The Kier molecular flexibility index (Phi) is 4.56. The molecule has 0 radical (unpaired) electrons. The van der Waals surface area contributed by atoms with Gasteiger partial charge in [0.25, 0.3) is 0 Å². The van der Waals surface area contributed by atoms with Gasteiger partial charge in [0.05, 0.1) is 6.61 Å². The van der Waals surface area contributed by atoms with Gasteiger partial charge in [0.15, 0.2) is 0 Å². The molecular weight excluding hydrogens is 251 g/mol. The molecule has 0 bridgehead atoms. The lowest BCUT2D eigenvalue weighted by Crippen LogP contribution is -2.08. The van der Waals surface area contributed by atoms with Gasteiger partial charge in [-0.3, -0.25) is 0 Å². The van der Waals surface area contributed by atoms with Gasteiger partial charge in [0, 0.05) is 11.4 Å². The second-order valence-corrected chi connectivity index (χ2v) is 4.79. The van der Waals surface area contributed by atoms with E-state index >= 15 is 0 Å². The van der Waals surface area contributed by atoms with Gasteiger partial charge in [-0.15, -0.1) is 0 Å². The molecule has 0 aliphatic rings. The molecule has 1 aromatic carbocycles. The molecule has 0 saturated carbocycles. The molecule has 0 aliphatic heterocycles. The molecular formula is C11H14F3NOS. The number of nitrogens with two attached hydrogens (primary N) is 1. The molecule has 0 spiro atoms. The van der Waals surface area contributed by atoms with Crippen molar-refractivity contribution in [1.82, 2.24) is 0 Å². The van der Waals surface area contributed by atoms with Crippen LogP contribution in [0, 0.1) is 13.8 Å². The SMILES string of the molecule is Cc1cc(N)cc(C)c1OCCSC(F)(F)F. The van der Waals surface area contributed by atoms with E-state index in [-0.39, 0.29) is 24.1 Å². The second-order valence-electron chi connectivity index (χ2n) is 3.63. The van der Waals surface area contributed by atoms with Crippen LogP contribution in [0.5, 0.6) is 5.75 Å². The van der Waals surface area contributed by atoms with Gasteiger partial charge in [0.1, 0.15) is 5.75 Å². The Balaban J connectivity index is 2.53. The molecule has 0 saturated heterocycles. The van der Waals surface area contributed by atoms with E-state index in [1.54, 1.807) is 12.1 Å². The molecule has 1 aromatic rings. The number of halogens is 3. The summed E-state index contributed by atoms with van der Waals surface area (Å²) in [5.41, 5.74) is 3.72. The Labute approximate surface area is 102 Å². The van der Waals surface area contributed by atoms with Crippen LogP contribution in [0.2, 0.25) is 0 Å². The van der Waals surface area contributed by atoms with Crippen molar-refractivity contribution in [2.75, 3.05) is 18.1 Å². The fourth-order valence-electron chi connectivity index (χ4n) is 1.51. The summed E-state index contributed by atoms with van der Waals surface area (Å²) in [4.78, 5) is 0. The molecule has 0 unspecified atom stereocenters. The van der Waals surface area contributed by atoms with Gasteiger partial charge < -0.3 is 10.5 Å². The average molecular weight is 265 g/mol. The Hall–Kier alpha value is -1.04. The van der Waals surface area contributed by atoms with E-state index in [0.29, 0.717) is 11.4 Å². The van der Waals surface area contributed by atoms with Crippen LogP contribution >= 0.6 is 11.8 Å². The van der Waals surface area contributed by atoms with Gasteiger partial charge in [-0.25, -0.2) is 0 Å². The lowest BCUT2D eigenvalue weighted by molar-refractivity contribution is -0.0329. The van der Waals surface area contributed by atoms with Gasteiger partial charge in [-0.1, -0.05) is 0 Å². The van der Waals surface area contributed by atoms with Crippen molar-refractivity contribution in [3.8, 4) is 5.75 Å². The van der Waals surface area contributed by atoms with Crippen molar-refractivity contribution in [1.29, 1.82) is 0 Å². The van der Waals surface area contributed by atoms with Crippen molar-refractivity contribution >= 4 is 17.4 Å². The summed E-state index contributed by atoms with van der Waals surface area (Å²) < 4.78 is 41.0. The zero-order chi connectivity index (χ0) is 13.1. The molecule has 0 aliphatic carbocycles. The van der Waals surface area contributed by atoms with Gasteiger partial charge in [0.2, 0.25) is 0 Å². The number of hydrogen-bond acceptors (Lipinski definition) is 3. The molecule has 17 heavy (non-hydrogen) atoms. The molecule has 0 heterocycles. The Morgan fingerprint density at radius 3 is 2.24 bits per heavy atom. The molecule has 0 fully saturated rings. The fraction of sp³-hybridized carbons (Fsp3) is 0.455. The maximum atomic E-state index is 11.9. The number of thioether (sulfide) groups is 1. The molecule has 96 valence electrons. The average Bonchev–Trinajstić information content (AvgIpc) is 2.13. The molecule has 2 nitrogen and oxygen atoms in total. The summed E-state index contributed by atoms with van der Waals surface area (Å²) in [6, 6.07) is 3.47. The topological polar surface area (TPSA) is 35.2 Å². The van der Waals surface area contributed by atoms with E-state index in [4.69, 9.17) is 10.5 Å². The summed E-state index contributed by atoms with van der Waals surface area (Å²) >= 11 is -0.0820. The first-order chi connectivity index (χ1) is 7.79. The van der Waals surface area contributed by atoms with Crippen LogP contribution in [0.4, 0.5) is 18.9 Å². The molecule has 0 aromatic heterocycles. The van der Waals surface area contributed by atoms with Crippen LogP contribution in [0.25, 0.3) is 0 Å². The van der Waals surface area contributed by atoms with E-state index in [9.17, 15) is 13.2 Å². The molecule has 0 amide bonds. The number of nitrogen functional groups attached to an aromatic ring is 1. The number of rotatable bonds is 4. The normalized spacial score (nSPS) is 11.6. The first-order valence-corrected chi connectivity index (χ1v) is 5.98. The van der Waals surface area contributed by atoms with Crippen LogP contribution in [0.15, 0.2) is 12.1 Å². The van der Waals surface area contributed by atoms with E-state index in [1.807, 2.05) is 13.8 Å². The van der Waals surface area contributed by atoms with Crippen LogP contribution in [0.1, 0.15) is 11.1 Å². The van der Waals surface area contributed by atoms with Crippen molar-refractivity contribution in [3.63, 3.8) is 0 Å². The highest BCUT2D eigenvalue weighted by molar-refractivity contribution is 8.00. The van der Waals surface area contributed by atoms with Crippen LogP contribution in [0.3, 0.4) is 0 Å². The van der Waals surface area contributed by atoms with E-state index < -0.39 is 5.51 Å². The number of alkyl halides is 3. The minimum absolute atomic E-state index is 0.0236. The van der Waals surface area contributed by atoms with E-state index in [1.165, 1.54) is 0 Å². The molecule has 0 atom stereocenters. The van der Waals surface area contributed by atoms with E-state index in [2.05, 4.69) is 0 Å². The Morgan fingerprint density at radius 1 is 1.24 bits per heavy atom. The third-order valence-corrected chi connectivity index (χ3v) is 2.78. The summed E-state index contributed by atoms with van der Waals surface area (Å²) in [6.45, 7) is 3.65. The lowest BCUT2D eigenvalue weighted by Gasteiger charge is -2.13. The van der Waals surface area contributed by atoms with Crippen molar-refractivity contribution in [2.45, 2.75) is 19.4 Å². The third-order valence-electron chi connectivity index (χ3n) is 2.08. The smallest absolute Gasteiger partial charge is 0.441 e. The summed E-state index contributed by atoms with van der Waals surface area (Å²) in [6.07, 6.45) is 0.